The lowest BCUT2D eigenvalue weighted by atomic mass is 10.3. The molecule has 6 nitrogen and oxygen atoms in total. The second-order valence-electron chi connectivity index (χ2n) is 4.14. The molecule has 0 aliphatic carbocycles. The molecule has 2 rings (SSSR count). The number of nitrogens with zero attached hydrogens (tertiary/aromatic N) is 3. The summed E-state index contributed by atoms with van der Waals surface area (Å²) >= 11 is 0. The highest BCUT2D eigenvalue weighted by molar-refractivity contribution is 5.27. The molecule has 0 amide bonds. The molecule has 0 spiro atoms. The molecule has 0 aliphatic rings. The van der Waals surface area contributed by atoms with E-state index in [1.807, 2.05) is 13.8 Å². The zero-order valence-corrected chi connectivity index (χ0v) is 10.6. The van der Waals surface area contributed by atoms with Crippen LogP contribution < -0.4 is 10.1 Å². The van der Waals surface area contributed by atoms with Gasteiger partial charge in [0.15, 0.2) is 0 Å². The summed E-state index contributed by atoms with van der Waals surface area (Å²) in [4.78, 5) is 15.4. The second-order valence-corrected chi connectivity index (χ2v) is 4.14. The molecule has 2 aromatic heterocycles. The SMILES string of the molecule is CC(C)Oc1ccnc(NCCc2cnc[nH]2)n1. The second kappa shape index (κ2) is 6.00. The lowest BCUT2D eigenvalue weighted by molar-refractivity contribution is 0.232. The van der Waals surface area contributed by atoms with Gasteiger partial charge >= 0.3 is 0 Å². The summed E-state index contributed by atoms with van der Waals surface area (Å²) in [5, 5.41) is 3.15. The third kappa shape index (κ3) is 3.73. The first-order chi connectivity index (χ1) is 8.74. The van der Waals surface area contributed by atoms with Crippen molar-refractivity contribution in [2.24, 2.45) is 0 Å². The van der Waals surface area contributed by atoms with E-state index in [4.69, 9.17) is 4.74 Å². The Morgan fingerprint density at radius 2 is 2.33 bits per heavy atom. The van der Waals surface area contributed by atoms with Crippen molar-refractivity contribution in [2.75, 3.05) is 11.9 Å². The molecule has 0 saturated carbocycles. The van der Waals surface area contributed by atoms with Crippen LogP contribution >= 0.6 is 0 Å². The van der Waals surface area contributed by atoms with Gasteiger partial charge in [-0.05, 0) is 13.8 Å². The maximum atomic E-state index is 5.50. The molecule has 0 atom stereocenters. The predicted octanol–water partition coefficient (Wildman–Crippen LogP) is 1.64. The molecule has 0 saturated heterocycles. The van der Waals surface area contributed by atoms with Crippen LogP contribution in [0.1, 0.15) is 19.5 Å². The molecule has 2 N–H and O–H groups in total. The van der Waals surface area contributed by atoms with Gasteiger partial charge < -0.3 is 15.0 Å². The van der Waals surface area contributed by atoms with Gasteiger partial charge in [0.1, 0.15) is 0 Å². The van der Waals surface area contributed by atoms with Gasteiger partial charge in [0.2, 0.25) is 11.8 Å². The first-order valence-corrected chi connectivity index (χ1v) is 5.95. The zero-order chi connectivity index (χ0) is 12.8. The number of hydrogen-bond acceptors (Lipinski definition) is 5. The molecule has 2 aromatic rings. The van der Waals surface area contributed by atoms with Gasteiger partial charge in [-0.15, -0.1) is 0 Å². The Labute approximate surface area is 106 Å². The molecular formula is C12H17N5O. The van der Waals surface area contributed by atoms with E-state index >= 15 is 0 Å². The Balaban J connectivity index is 1.85. The maximum Gasteiger partial charge on any atom is 0.225 e. The summed E-state index contributed by atoms with van der Waals surface area (Å²) in [5.74, 6) is 1.16. The van der Waals surface area contributed by atoms with E-state index in [-0.39, 0.29) is 6.10 Å². The van der Waals surface area contributed by atoms with E-state index in [2.05, 4.69) is 25.3 Å². The fraction of sp³-hybridized carbons (Fsp3) is 0.417. The van der Waals surface area contributed by atoms with E-state index < -0.39 is 0 Å². The fourth-order valence-electron chi connectivity index (χ4n) is 1.46. The van der Waals surface area contributed by atoms with Crippen LogP contribution in [0.3, 0.4) is 0 Å². The van der Waals surface area contributed by atoms with Crippen molar-refractivity contribution >= 4 is 5.95 Å². The number of anilines is 1. The van der Waals surface area contributed by atoms with Gasteiger partial charge in [-0.2, -0.15) is 4.98 Å². The van der Waals surface area contributed by atoms with Crippen molar-refractivity contribution in [1.29, 1.82) is 0 Å². The molecule has 96 valence electrons. The summed E-state index contributed by atoms with van der Waals surface area (Å²) in [6.45, 7) is 4.67. The van der Waals surface area contributed by atoms with Crippen LogP contribution in [0, 0.1) is 0 Å². The summed E-state index contributed by atoms with van der Waals surface area (Å²) in [5.41, 5.74) is 1.08. The first kappa shape index (κ1) is 12.3. The van der Waals surface area contributed by atoms with Crippen LogP contribution in [-0.2, 0) is 6.42 Å². The van der Waals surface area contributed by atoms with Gasteiger partial charge in [0.25, 0.3) is 0 Å². The largest absolute Gasteiger partial charge is 0.475 e. The topological polar surface area (TPSA) is 75.7 Å². The molecule has 0 radical (unpaired) electrons. The van der Waals surface area contributed by atoms with Crippen LogP contribution in [0.4, 0.5) is 5.95 Å². The van der Waals surface area contributed by atoms with Crippen LogP contribution in [0.25, 0.3) is 0 Å². The Bertz CT molecular complexity index is 469. The summed E-state index contributed by atoms with van der Waals surface area (Å²) in [7, 11) is 0. The van der Waals surface area contributed by atoms with Crippen LogP contribution in [-0.4, -0.2) is 32.6 Å². The van der Waals surface area contributed by atoms with Gasteiger partial charge in [-0.3, -0.25) is 0 Å². The van der Waals surface area contributed by atoms with Crippen LogP contribution in [0.2, 0.25) is 0 Å². The number of aromatic nitrogens is 4. The monoisotopic (exact) mass is 247 g/mol. The van der Waals surface area contributed by atoms with Crippen LogP contribution in [0.15, 0.2) is 24.8 Å². The number of imidazole rings is 1. The number of hydrogen-bond donors (Lipinski definition) is 2. The highest BCUT2D eigenvalue weighted by Gasteiger charge is 2.02. The minimum absolute atomic E-state index is 0.109. The number of H-pyrrole nitrogens is 1. The van der Waals surface area contributed by atoms with E-state index in [1.54, 1.807) is 24.8 Å². The Kier molecular flexibility index (Phi) is 4.11. The molecule has 0 aliphatic heterocycles. The number of nitrogens with one attached hydrogen (secondary N) is 2. The average molecular weight is 247 g/mol. The van der Waals surface area contributed by atoms with Gasteiger partial charge in [-0.1, -0.05) is 0 Å². The number of aromatic amines is 1. The van der Waals surface area contributed by atoms with Crippen molar-refractivity contribution in [3.63, 3.8) is 0 Å². The molecule has 0 aromatic carbocycles. The first-order valence-electron chi connectivity index (χ1n) is 5.95. The molecule has 18 heavy (non-hydrogen) atoms. The Hall–Kier alpha value is -2.11. The van der Waals surface area contributed by atoms with Crippen molar-refractivity contribution in [3.8, 4) is 5.88 Å². The van der Waals surface area contributed by atoms with Crippen LogP contribution in [0.5, 0.6) is 5.88 Å². The molecule has 0 fully saturated rings. The average Bonchev–Trinajstić information content (AvgIpc) is 2.82. The Morgan fingerprint density at radius 3 is 3.06 bits per heavy atom. The minimum atomic E-state index is 0.109. The number of rotatable bonds is 6. The zero-order valence-electron chi connectivity index (χ0n) is 10.6. The molecular weight excluding hydrogens is 230 g/mol. The Morgan fingerprint density at radius 1 is 1.44 bits per heavy atom. The van der Waals surface area contributed by atoms with E-state index in [9.17, 15) is 0 Å². The maximum absolute atomic E-state index is 5.50. The van der Waals surface area contributed by atoms with Crippen molar-refractivity contribution < 1.29 is 4.74 Å². The fourth-order valence-corrected chi connectivity index (χ4v) is 1.46. The van der Waals surface area contributed by atoms with E-state index in [0.29, 0.717) is 11.8 Å². The van der Waals surface area contributed by atoms with Crippen molar-refractivity contribution in [1.82, 2.24) is 19.9 Å². The third-order valence-electron chi connectivity index (χ3n) is 2.22. The van der Waals surface area contributed by atoms with Crippen molar-refractivity contribution in [2.45, 2.75) is 26.4 Å². The van der Waals surface area contributed by atoms with Gasteiger partial charge in [-0.25, -0.2) is 9.97 Å². The highest BCUT2D eigenvalue weighted by Crippen LogP contribution is 2.10. The predicted molar refractivity (Wildman–Crippen MR) is 68.6 cm³/mol. The smallest absolute Gasteiger partial charge is 0.225 e. The summed E-state index contributed by atoms with van der Waals surface area (Å²) in [6.07, 6.45) is 6.11. The van der Waals surface area contributed by atoms with Crippen molar-refractivity contribution in [3.05, 3.63) is 30.5 Å². The minimum Gasteiger partial charge on any atom is -0.475 e. The number of ether oxygens (including phenoxy) is 1. The molecule has 0 unspecified atom stereocenters. The standard InChI is InChI=1S/C12H17N5O/c1-9(2)18-11-4-6-15-12(17-11)14-5-3-10-7-13-8-16-10/h4,6-9H,3,5H2,1-2H3,(H,13,16)(H,14,15,17). The third-order valence-corrected chi connectivity index (χ3v) is 2.22. The molecule has 2 heterocycles. The molecule has 0 bridgehead atoms. The summed E-state index contributed by atoms with van der Waals surface area (Å²) < 4.78 is 5.50. The van der Waals surface area contributed by atoms with Gasteiger partial charge in [0.05, 0.1) is 12.4 Å². The van der Waals surface area contributed by atoms with Gasteiger partial charge in [0, 0.05) is 37.1 Å². The van der Waals surface area contributed by atoms with E-state index in [1.165, 1.54) is 0 Å². The normalized spacial score (nSPS) is 10.6. The summed E-state index contributed by atoms with van der Waals surface area (Å²) in [6, 6.07) is 1.75. The lowest BCUT2D eigenvalue weighted by Gasteiger charge is -2.09. The quantitative estimate of drug-likeness (QED) is 0.811. The molecule has 6 heteroatoms. The van der Waals surface area contributed by atoms with E-state index in [0.717, 1.165) is 18.7 Å². The lowest BCUT2D eigenvalue weighted by Crippen LogP contribution is -2.11. The highest BCUT2D eigenvalue weighted by atomic mass is 16.5.